The van der Waals surface area contributed by atoms with Gasteiger partial charge in [-0.2, -0.15) is 0 Å². The van der Waals surface area contributed by atoms with Crippen LogP contribution in [0.2, 0.25) is 0 Å². The zero-order valence-corrected chi connectivity index (χ0v) is 19.6. The SMILES string of the molecule is CC.CC.CC1(C)c2cc3ccccc3cc2-c2cc3cc4ccccc4cc3cc21. The molecule has 0 atom stereocenters. The maximum Gasteiger partial charge on any atom is 0.0159 e. The molecule has 1 aliphatic rings. The van der Waals surface area contributed by atoms with Gasteiger partial charge in [-0.15, -0.1) is 0 Å². The molecule has 0 fully saturated rings. The maximum atomic E-state index is 2.42. The molecule has 0 saturated heterocycles. The van der Waals surface area contributed by atoms with Crippen molar-refractivity contribution < 1.29 is 0 Å². The van der Waals surface area contributed by atoms with Crippen molar-refractivity contribution in [3.8, 4) is 11.1 Å². The average Bonchev–Trinajstić information content (AvgIpc) is 3.03. The predicted molar refractivity (Wildman–Crippen MR) is 139 cm³/mol. The van der Waals surface area contributed by atoms with Crippen molar-refractivity contribution in [3.05, 3.63) is 96.1 Å². The summed E-state index contributed by atoms with van der Waals surface area (Å²) in [7, 11) is 0. The second-order valence-electron chi connectivity index (χ2n) is 8.31. The van der Waals surface area contributed by atoms with E-state index in [0.717, 1.165) is 0 Å². The summed E-state index contributed by atoms with van der Waals surface area (Å²) in [5.74, 6) is 0. The Balaban J connectivity index is 0.000000549. The highest BCUT2D eigenvalue weighted by Crippen LogP contribution is 2.51. The fraction of sp³-hybridized carbons (Fsp3) is 0.226. The molecule has 31 heavy (non-hydrogen) atoms. The standard InChI is InChI=1S/C27H20.2C2H6/c1-27(2)25-15-20-10-6-5-9-19(20)13-23(25)24-14-21-11-17-7-3-4-8-18(17)12-22(21)16-26(24)27;2*1-2/h3-16H,1-2H3;2*1-2H3. The zero-order valence-electron chi connectivity index (χ0n) is 19.6. The lowest BCUT2D eigenvalue weighted by Gasteiger charge is -2.22. The Hall–Kier alpha value is -3.12. The molecule has 0 aromatic heterocycles. The summed E-state index contributed by atoms with van der Waals surface area (Å²) in [5, 5.41) is 7.91. The molecule has 0 heteroatoms. The lowest BCUT2D eigenvalue weighted by atomic mass is 9.81. The third-order valence-electron chi connectivity index (χ3n) is 6.36. The normalized spacial score (nSPS) is 13.1. The van der Waals surface area contributed by atoms with Crippen LogP contribution < -0.4 is 0 Å². The van der Waals surface area contributed by atoms with Gasteiger partial charge in [0.2, 0.25) is 0 Å². The van der Waals surface area contributed by atoms with E-state index in [2.05, 4.69) is 98.8 Å². The van der Waals surface area contributed by atoms with Crippen LogP contribution in [0.3, 0.4) is 0 Å². The first kappa shape index (κ1) is 21.1. The summed E-state index contributed by atoms with van der Waals surface area (Å²) in [6, 6.07) is 31.6. The average molecular weight is 405 g/mol. The van der Waals surface area contributed by atoms with Crippen LogP contribution in [0.25, 0.3) is 43.4 Å². The summed E-state index contributed by atoms with van der Waals surface area (Å²) in [5.41, 5.74) is 5.69. The molecule has 0 heterocycles. The molecule has 6 rings (SSSR count). The van der Waals surface area contributed by atoms with Crippen molar-refractivity contribution in [2.45, 2.75) is 47.0 Å². The van der Waals surface area contributed by atoms with E-state index in [0.29, 0.717) is 0 Å². The van der Waals surface area contributed by atoms with Crippen LogP contribution in [0.5, 0.6) is 0 Å². The molecule has 5 aromatic rings. The zero-order chi connectivity index (χ0) is 22.2. The lowest BCUT2D eigenvalue weighted by Crippen LogP contribution is -2.14. The second-order valence-corrected chi connectivity index (χ2v) is 8.31. The third-order valence-corrected chi connectivity index (χ3v) is 6.36. The highest BCUT2D eigenvalue weighted by atomic mass is 14.4. The molecule has 156 valence electrons. The van der Waals surface area contributed by atoms with E-state index < -0.39 is 0 Å². The van der Waals surface area contributed by atoms with Crippen LogP contribution in [-0.4, -0.2) is 0 Å². The van der Waals surface area contributed by atoms with Gasteiger partial charge in [-0.1, -0.05) is 90.1 Å². The Morgan fingerprint density at radius 1 is 0.419 bits per heavy atom. The summed E-state index contributed by atoms with van der Waals surface area (Å²) < 4.78 is 0. The number of rotatable bonds is 0. The molecular formula is C31H32. The van der Waals surface area contributed by atoms with Crippen LogP contribution in [0.4, 0.5) is 0 Å². The quantitative estimate of drug-likeness (QED) is 0.225. The summed E-state index contributed by atoms with van der Waals surface area (Å²) in [4.78, 5) is 0. The van der Waals surface area contributed by atoms with E-state index in [9.17, 15) is 0 Å². The van der Waals surface area contributed by atoms with Crippen LogP contribution in [0.1, 0.15) is 52.7 Å². The summed E-state index contributed by atoms with van der Waals surface area (Å²) in [6.07, 6.45) is 0. The minimum Gasteiger partial charge on any atom is -0.0683 e. The predicted octanol–water partition coefficient (Wildman–Crippen LogP) is 9.50. The van der Waals surface area contributed by atoms with E-state index in [1.807, 2.05) is 27.7 Å². The van der Waals surface area contributed by atoms with E-state index in [1.165, 1.54) is 54.6 Å². The molecular weight excluding hydrogens is 372 g/mol. The highest BCUT2D eigenvalue weighted by Gasteiger charge is 2.35. The van der Waals surface area contributed by atoms with Gasteiger partial charge in [0.1, 0.15) is 0 Å². The third kappa shape index (κ3) is 3.31. The van der Waals surface area contributed by atoms with E-state index in [1.54, 1.807) is 0 Å². The van der Waals surface area contributed by atoms with Gasteiger partial charge in [0.15, 0.2) is 0 Å². The first-order valence-electron chi connectivity index (χ1n) is 11.6. The Morgan fingerprint density at radius 2 is 0.742 bits per heavy atom. The van der Waals surface area contributed by atoms with Gasteiger partial charge in [-0.25, -0.2) is 0 Å². The van der Waals surface area contributed by atoms with Crippen molar-refractivity contribution in [1.29, 1.82) is 0 Å². The van der Waals surface area contributed by atoms with Gasteiger partial charge < -0.3 is 0 Å². The van der Waals surface area contributed by atoms with Crippen molar-refractivity contribution in [2.24, 2.45) is 0 Å². The molecule has 1 aliphatic carbocycles. The second kappa shape index (κ2) is 8.19. The first-order chi connectivity index (χ1) is 15.1. The molecule has 5 aromatic carbocycles. The molecule has 0 aliphatic heterocycles. The number of benzene rings is 5. The molecule has 0 N–H and O–H groups in total. The lowest BCUT2D eigenvalue weighted by molar-refractivity contribution is 0.662. The van der Waals surface area contributed by atoms with Gasteiger partial charge in [0.25, 0.3) is 0 Å². The largest absolute Gasteiger partial charge is 0.0683 e. The maximum absolute atomic E-state index is 2.42. The van der Waals surface area contributed by atoms with Crippen molar-refractivity contribution in [2.75, 3.05) is 0 Å². The Bertz CT molecular complexity index is 1390. The van der Waals surface area contributed by atoms with Crippen LogP contribution >= 0.6 is 0 Å². The number of hydrogen-bond acceptors (Lipinski definition) is 0. The number of fused-ring (bicyclic) bond motifs is 6. The molecule has 0 amide bonds. The molecule has 0 unspecified atom stereocenters. The van der Waals surface area contributed by atoms with Gasteiger partial charge in [0.05, 0.1) is 0 Å². The molecule has 0 bridgehead atoms. The molecule has 0 spiro atoms. The minimum atomic E-state index is 0.0224. The summed E-state index contributed by atoms with van der Waals surface area (Å²) >= 11 is 0. The van der Waals surface area contributed by atoms with E-state index in [-0.39, 0.29) is 5.41 Å². The fourth-order valence-corrected chi connectivity index (χ4v) is 4.86. The van der Waals surface area contributed by atoms with E-state index >= 15 is 0 Å². The van der Waals surface area contributed by atoms with Crippen LogP contribution in [0.15, 0.2) is 84.9 Å². The minimum absolute atomic E-state index is 0.0224. The van der Waals surface area contributed by atoms with Gasteiger partial charge >= 0.3 is 0 Å². The van der Waals surface area contributed by atoms with Crippen molar-refractivity contribution >= 4 is 32.3 Å². The fourth-order valence-electron chi connectivity index (χ4n) is 4.86. The monoisotopic (exact) mass is 404 g/mol. The highest BCUT2D eigenvalue weighted by molar-refractivity contribution is 6.03. The molecule has 0 radical (unpaired) electrons. The Kier molecular flexibility index (Phi) is 5.58. The Morgan fingerprint density at radius 3 is 1.23 bits per heavy atom. The molecule has 0 saturated carbocycles. The van der Waals surface area contributed by atoms with Gasteiger partial charge in [-0.3, -0.25) is 0 Å². The smallest absolute Gasteiger partial charge is 0.0159 e. The van der Waals surface area contributed by atoms with Crippen molar-refractivity contribution in [1.82, 2.24) is 0 Å². The topological polar surface area (TPSA) is 0 Å². The Labute approximate surface area is 186 Å². The van der Waals surface area contributed by atoms with E-state index in [4.69, 9.17) is 0 Å². The van der Waals surface area contributed by atoms with Crippen LogP contribution in [-0.2, 0) is 5.41 Å². The van der Waals surface area contributed by atoms with Crippen LogP contribution in [0, 0.1) is 0 Å². The summed E-state index contributed by atoms with van der Waals surface area (Å²) in [6.45, 7) is 12.7. The number of hydrogen-bond donors (Lipinski definition) is 0. The molecule has 0 nitrogen and oxygen atoms in total. The first-order valence-corrected chi connectivity index (χ1v) is 11.6. The van der Waals surface area contributed by atoms with Gasteiger partial charge in [-0.05, 0) is 91.0 Å². The van der Waals surface area contributed by atoms with Crippen molar-refractivity contribution in [3.63, 3.8) is 0 Å². The van der Waals surface area contributed by atoms with Gasteiger partial charge in [0, 0.05) is 5.41 Å².